The average molecular weight is 267 g/mol. The Kier molecular flexibility index (Phi) is 4.74. The summed E-state index contributed by atoms with van der Waals surface area (Å²) < 4.78 is 0. The molecule has 2 heterocycles. The first-order valence-electron chi connectivity index (χ1n) is 8.18. The smallest absolute Gasteiger partial charge is 0.0597 e. The normalized spacial score (nSPS) is 31.7. The van der Waals surface area contributed by atoms with Crippen LogP contribution in [0.15, 0.2) is 0 Å². The lowest BCUT2D eigenvalue weighted by atomic mass is 10.1. The Morgan fingerprint density at radius 1 is 1.05 bits per heavy atom. The van der Waals surface area contributed by atoms with E-state index in [1.807, 2.05) is 0 Å². The molecule has 0 aromatic heterocycles. The van der Waals surface area contributed by atoms with Gasteiger partial charge in [-0.3, -0.25) is 4.90 Å². The van der Waals surface area contributed by atoms with Crippen molar-refractivity contribution in [3.8, 4) is 0 Å². The van der Waals surface area contributed by atoms with Crippen LogP contribution in [0.4, 0.5) is 0 Å². The minimum absolute atomic E-state index is 0.279. The van der Waals surface area contributed by atoms with Gasteiger partial charge >= 0.3 is 0 Å². The molecule has 0 aromatic rings. The van der Waals surface area contributed by atoms with Gasteiger partial charge in [0.2, 0.25) is 0 Å². The van der Waals surface area contributed by atoms with Crippen LogP contribution in [0, 0.1) is 0 Å². The summed E-state index contributed by atoms with van der Waals surface area (Å²) >= 11 is 0. The third-order valence-corrected chi connectivity index (χ3v) is 4.90. The Morgan fingerprint density at radius 3 is 2.53 bits per heavy atom. The van der Waals surface area contributed by atoms with E-state index < -0.39 is 0 Å². The first-order chi connectivity index (χ1) is 9.35. The predicted octanol–water partition coefficient (Wildman–Crippen LogP) is 0.660. The quantitative estimate of drug-likeness (QED) is 0.741. The minimum atomic E-state index is 0.279. The second-order valence-corrected chi connectivity index (χ2v) is 6.62. The van der Waals surface area contributed by atoms with Gasteiger partial charge in [0.15, 0.2) is 0 Å². The van der Waals surface area contributed by atoms with Gasteiger partial charge in [0.1, 0.15) is 0 Å². The molecule has 0 aromatic carbocycles. The van der Waals surface area contributed by atoms with Gasteiger partial charge in [-0.1, -0.05) is 6.42 Å². The number of nitrogens with one attached hydrogen (secondary N) is 1. The van der Waals surface area contributed by atoms with Crippen molar-refractivity contribution in [2.24, 2.45) is 0 Å². The monoisotopic (exact) mass is 267 g/mol. The van der Waals surface area contributed by atoms with E-state index in [1.165, 1.54) is 64.7 Å². The molecular formula is C15H29N3O. The zero-order chi connectivity index (χ0) is 13.1. The summed E-state index contributed by atoms with van der Waals surface area (Å²) in [5.41, 5.74) is 0. The third kappa shape index (κ3) is 3.91. The van der Waals surface area contributed by atoms with Crippen LogP contribution >= 0.6 is 0 Å². The van der Waals surface area contributed by atoms with Crippen molar-refractivity contribution in [2.75, 3.05) is 39.3 Å². The van der Waals surface area contributed by atoms with Gasteiger partial charge in [-0.25, -0.2) is 0 Å². The predicted molar refractivity (Wildman–Crippen MR) is 77.3 cm³/mol. The molecule has 3 rings (SSSR count). The molecule has 2 atom stereocenters. The van der Waals surface area contributed by atoms with Crippen molar-refractivity contribution in [2.45, 2.75) is 56.7 Å². The lowest BCUT2D eigenvalue weighted by Gasteiger charge is -2.32. The molecule has 2 unspecified atom stereocenters. The van der Waals surface area contributed by atoms with Crippen molar-refractivity contribution >= 4 is 0 Å². The first kappa shape index (κ1) is 13.8. The molecule has 1 aliphatic carbocycles. The van der Waals surface area contributed by atoms with Crippen LogP contribution in [0.5, 0.6) is 0 Å². The third-order valence-electron chi connectivity index (χ3n) is 4.90. The largest absolute Gasteiger partial charge is 0.395 e. The van der Waals surface area contributed by atoms with Crippen LogP contribution in [0.2, 0.25) is 0 Å². The molecule has 0 spiro atoms. The molecular weight excluding hydrogens is 238 g/mol. The molecule has 3 aliphatic rings. The Balaban J connectivity index is 1.42. The highest BCUT2D eigenvalue weighted by atomic mass is 16.3. The van der Waals surface area contributed by atoms with Gasteiger partial charge < -0.3 is 15.3 Å². The zero-order valence-electron chi connectivity index (χ0n) is 12.1. The van der Waals surface area contributed by atoms with Gasteiger partial charge in [-0.15, -0.1) is 0 Å². The summed E-state index contributed by atoms with van der Waals surface area (Å²) in [7, 11) is 0. The van der Waals surface area contributed by atoms with Crippen molar-refractivity contribution in [1.82, 2.24) is 15.1 Å². The molecule has 2 N–H and O–H groups in total. The number of rotatable bonds is 6. The zero-order valence-corrected chi connectivity index (χ0v) is 12.1. The average Bonchev–Trinajstić information content (AvgIpc) is 3.15. The van der Waals surface area contributed by atoms with Gasteiger partial charge in [-0.2, -0.15) is 0 Å². The number of hydrogen-bond donors (Lipinski definition) is 2. The molecule has 4 heteroatoms. The standard InChI is InChI=1S/C15H29N3O/c19-12-14(16-13-4-5-13)10-17-9-6-15(11-17)18-7-2-1-3-8-18/h13-16,19H,1-12H2. The van der Waals surface area contributed by atoms with Gasteiger partial charge in [0.05, 0.1) is 6.61 Å². The van der Waals surface area contributed by atoms with Crippen LogP contribution in [-0.4, -0.2) is 72.4 Å². The molecule has 110 valence electrons. The van der Waals surface area contributed by atoms with Gasteiger partial charge in [0.25, 0.3) is 0 Å². The number of likely N-dealkylation sites (tertiary alicyclic amines) is 2. The number of aliphatic hydroxyl groups excluding tert-OH is 1. The summed E-state index contributed by atoms with van der Waals surface area (Å²) in [5, 5.41) is 13.0. The highest BCUT2D eigenvalue weighted by Gasteiger charge is 2.31. The van der Waals surface area contributed by atoms with E-state index in [1.54, 1.807) is 0 Å². The topological polar surface area (TPSA) is 38.7 Å². The van der Waals surface area contributed by atoms with Crippen molar-refractivity contribution in [3.63, 3.8) is 0 Å². The number of aliphatic hydroxyl groups is 1. The lowest BCUT2D eigenvalue weighted by molar-refractivity contribution is 0.153. The maximum Gasteiger partial charge on any atom is 0.0597 e. The number of hydrogen-bond acceptors (Lipinski definition) is 4. The molecule has 2 saturated heterocycles. The summed E-state index contributed by atoms with van der Waals surface area (Å²) in [4.78, 5) is 5.25. The molecule has 4 nitrogen and oxygen atoms in total. The molecule has 0 amide bonds. The Bertz CT molecular complexity index is 277. The van der Waals surface area contributed by atoms with Gasteiger partial charge in [0, 0.05) is 31.2 Å². The summed E-state index contributed by atoms with van der Waals surface area (Å²) in [6.45, 7) is 6.34. The summed E-state index contributed by atoms with van der Waals surface area (Å²) in [5.74, 6) is 0. The molecule has 19 heavy (non-hydrogen) atoms. The van der Waals surface area contributed by atoms with Crippen LogP contribution < -0.4 is 5.32 Å². The molecule has 2 aliphatic heterocycles. The first-order valence-corrected chi connectivity index (χ1v) is 8.18. The van der Waals surface area contributed by atoms with Crippen LogP contribution in [-0.2, 0) is 0 Å². The van der Waals surface area contributed by atoms with Gasteiger partial charge in [-0.05, 0) is 51.7 Å². The maximum absolute atomic E-state index is 9.48. The van der Waals surface area contributed by atoms with E-state index in [2.05, 4.69) is 15.1 Å². The fourth-order valence-electron chi connectivity index (χ4n) is 3.62. The fourth-order valence-corrected chi connectivity index (χ4v) is 3.62. The minimum Gasteiger partial charge on any atom is -0.395 e. The SMILES string of the molecule is OCC(CN1CCC(N2CCCCC2)C1)NC1CC1. The highest BCUT2D eigenvalue weighted by molar-refractivity contribution is 4.89. The van der Waals surface area contributed by atoms with Crippen LogP contribution in [0.3, 0.4) is 0 Å². The van der Waals surface area contributed by atoms with Crippen molar-refractivity contribution < 1.29 is 5.11 Å². The number of piperidine rings is 1. The molecule has 1 saturated carbocycles. The fraction of sp³-hybridized carbons (Fsp3) is 1.00. The Hall–Kier alpha value is -0.160. The maximum atomic E-state index is 9.48. The van der Waals surface area contributed by atoms with E-state index in [0.29, 0.717) is 6.04 Å². The second-order valence-electron chi connectivity index (χ2n) is 6.62. The van der Waals surface area contributed by atoms with E-state index >= 15 is 0 Å². The van der Waals surface area contributed by atoms with Crippen molar-refractivity contribution in [1.29, 1.82) is 0 Å². The van der Waals surface area contributed by atoms with Crippen LogP contribution in [0.25, 0.3) is 0 Å². The van der Waals surface area contributed by atoms with Crippen molar-refractivity contribution in [3.05, 3.63) is 0 Å². The van der Waals surface area contributed by atoms with E-state index in [-0.39, 0.29) is 12.6 Å². The van der Waals surface area contributed by atoms with E-state index in [0.717, 1.165) is 12.6 Å². The molecule has 0 radical (unpaired) electrons. The second kappa shape index (κ2) is 6.53. The Morgan fingerprint density at radius 2 is 1.84 bits per heavy atom. The molecule has 3 fully saturated rings. The lowest BCUT2D eigenvalue weighted by Crippen LogP contribution is -2.45. The molecule has 0 bridgehead atoms. The summed E-state index contributed by atoms with van der Waals surface area (Å²) in [6, 6.07) is 1.76. The number of nitrogens with zero attached hydrogens (tertiary/aromatic N) is 2. The summed E-state index contributed by atoms with van der Waals surface area (Å²) in [6.07, 6.45) is 8.12. The van der Waals surface area contributed by atoms with E-state index in [4.69, 9.17) is 0 Å². The van der Waals surface area contributed by atoms with Crippen LogP contribution in [0.1, 0.15) is 38.5 Å². The van der Waals surface area contributed by atoms with E-state index in [9.17, 15) is 5.11 Å². The Labute approximate surface area is 117 Å². The highest BCUT2D eigenvalue weighted by Crippen LogP contribution is 2.22.